The molecule has 0 amide bonds. The van der Waals surface area contributed by atoms with E-state index in [9.17, 15) is 26.4 Å². The number of benzene rings is 2. The molecule has 3 rings (SSSR count). The molecule has 0 spiro atoms. The Morgan fingerprint density at radius 3 is 1.38 bits per heavy atom. The lowest BCUT2D eigenvalue weighted by atomic mass is 9.84. The first kappa shape index (κ1) is 24.2. The van der Waals surface area contributed by atoms with E-state index in [1.165, 1.54) is 36.4 Å². The number of fused-ring (bicyclic) bond motifs is 2. The van der Waals surface area contributed by atoms with Gasteiger partial charge in [0.15, 0.2) is 11.6 Å². The Bertz CT molecular complexity index is 1170. The Kier molecular flexibility index (Phi) is 7.29. The molecule has 2 aromatic carbocycles. The van der Waals surface area contributed by atoms with Gasteiger partial charge in [0.05, 0.1) is 9.79 Å². The number of carbonyl (C=O) groups excluding carboxylic acids is 2. The van der Waals surface area contributed by atoms with Crippen LogP contribution in [0.3, 0.4) is 0 Å². The van der Waals surface area contributed by atoms with E-state index in [2.05, 4.69) is 9.44 Å². The summed E-state index contributed by atoms with van der Waals surface area (Å²) in [4.78, 5) is 25.8. The van der Waals surface area contributed by atoms with Gasteiger partial charge in [0.1, 0.15) is 0 Å². The predicted octanol–water partition coefficient (Wildman–Crippen LogP) is 2.62. The topological polar surface area (TPSA) is 126 Å². The van der Waals surface area contributed by atoms with Gasteiger partial charge >= 0.3 is 0 Å². The van der Waals surface area contributed by atoms with Crippen molar-refractivity contribution in [2.45, 2.75) is 49.3 Å². The summed E-state index contributed by atoms with van der Waals surface area (Å²) < 4.78 is 55.1. The van der Waals surface area contributed by atoms with E-state index >= 15 is 0 Å². The number of rotatable bonds is 10. The van der Waals surface area contributed by atoms with Gasteiger partial charge in [-0.05, 0) is 49.2 Å². The van der Waals surface area contributed by atoms with Gasteiger partial charge in [0, 0.05) is 35.3 Å². The van der Waals surface area contributed by atoms with E-state index in [1.807, 2.05) is 13.8 Å². The van der Waals surface area contributed by atoms with Crippen LogP contribution in [0.15, 0.2) is 46.2 Å². The molecule has 0 saturated carbocycles. The molecule has 0 radical (unpaired) electrons. The maximum Gasteiger partial charge on any atom is 0.240 e. The molecule has 0 unspecified atom stereocenters. The second-order valence-corrected chi connectivity index (χ2v) is 11.1. The van der Waals surface area contributed by atoms with E-state index in [0.29, 0.717) is 12.8 Å². The number of hydrogen-bond donors (Lipinski definition) is 2. The lowest BCUT2D eigenvalue weighted by molar-refractivity contribution is 0.0978. The second-order valence-electron chi connectivity index (χ2n) is 7.58. The number of sulfonamides is 2. The minimum atomic E-state index is -3.85. The standard InChI is InChI=1S/C22H26N2O6S2/c1-3-5-11-23-31(27,28)15-7-9-17-19(13-15)22(26)20-14-16(8-10-18(20)21(17)25)32(29,30)24-12-6-4-2/h7-10,13-14,23-24H,3-6,11-12H2,1-2H3. The molecule has 32 heavy (non-hydrogen) atoms. The predicted molar refractivity (Wildman–Crippen MR) is 120 cm³/mol. The van der Waals surface area contributed by atoms with Crippen molar-refractivity contribution in [3.8, 4) is 0 Å². The third-order valence-corrected chi connectivity index (χ3v) is 8.14. The number of nitrogens with one attached hydrogen (secondary N) is 2. The molecule has 8 nitrogen and oxygen atoms in total. The van der Waals surface area contributed by atoms with E-state index in [1.54, 1.807) is 0 Å². The smallest absolute Gasteiger partial charge is 0.240 e. The van der Waals surface area contributed by atoms with Crippen LogP contribution in [-0.4, -0.2) is 41.5 Å². The van der Waals surface area contributed by atoms with Crippen LogP contribution in [0.4, 0.5) is 0 Å². The van der Waals surface area contributed by atoms with Crippen LogP contribution in [0, 0.1) is 0 Å². The second kappa shape index (κ2) is 9.62. The third-order valence-electron chi connectivity index (χ3n) is 5.23. The molecule has 0 saturated heterocycles. The Morgan fingerprint density at radius 1 is 0.625 bits per heavy atom. The Hall–Kier alpha value is -2.40. The molecule has 1 aliphatic carbocycles. The quantitative estimate of drug-likeness (QED) is 0.431. The average Bonchev–Trinajstić information content (AvgIpc) is 2.77. The van der Waals surface area contributed by atoms with Crippen molar-refractivity contribution in [2.75, 3.05) is 13.1 Å². The molecule has 0 fully saturated rings. The van der Waals surface area contributed by atoms with Crippen molar-refractivity contribution in [3.05, 3.63) is 58.7 Å². The molecule has 0 aliphatic heterocycles. The van der Waals surface area contributed by atoms with Crippen molar-refractivity contribution in [2.24, 2.45) is 0 Å². The summed E-state index contributed by atoms with van der Waals surface area (Å²) in [5.41, 5.74) is 0.0575. The van der Waals surface area contributed by atoms with Gasteiger partial charge in [-0.15, -0.1) is 0 Å². The van der Waals surface area contributed by atoms with Crippen LogP contribution in [-0.2, 0) is 20.0 Å². The molecule has 2 N–H and O–H groups in total. The fourth-order valence-electron chi connectivity index (χ4n) is 3.38. The summed E-state index contributed by atoms with van der Waals surface area (Å²) in [6.07, 6.45) is 2.96. The largest absolute Gasteiger partial charge is 0.289 e. The van der Waals surface area contributed by atoms with Gasteiger partial charge in [0.25, 0.3) is 0 Å². The van der Waals surface area contributed by atoms with Crippen LogP contribution in [0.1, 0.15) is 71.4 Å². The summed E-state index contributed by atoms with van der Waals surface area (Å²) in [5, 5.41) is 0. The average molecular weight is 479 g/mol. The van der Waals surface area contributed by atoms with Crippen LogP contribution >= 0.6 is 0 Å². The highest BCUT2D eigenvalue weighted by atomic mass is 32.2. The van der Waals surface area contributed by atoms with Crippen LogP contribution in [0.25, 0.3) is 0 Å². The molecule has 0 heterocycles. The maximum absolute atomic E-state index is 13.1. The monoisotopic (exact) mass is 478 g/mol. The molecule has 0 bridgehead atoms. The summed E-state index contributed by atoms with van der Waals surface area (Å²) in [7, 11) is -7.70. The molecule has 172 valence electrons. The molecule has 10 heteroatoms. The number of ketones is 2. The first-order valence-corrected chi connectivity index (χ1v) is 13.5. The van der Waals surface area contributed by atoms with Gasteiger partial charge in [-0.2, -0.15) is 0 Å². The molecule has 0 atom stereocenters. The first-order chi connectivity index (χ1) is 15.1. The fourth-order valence-corrected chi connectivity index (χ4v) is 5.58. The number of hydrogen-bond acceptors (Lipinski definition) is 6. The summed E-state index contributed by atoms with van der Waals surface area (Å²) in [6, 6.07) is 7.58. The van der Waals surface area contributed by atoms with E-state index in [4.69, 9.17) is 0 Å². The van der Waals surface area contributed by atoms with Crippen LogP contribution in [0.2, 0.25) is 0 Å². The Labute approximate surface area is 188 Å². The summed E-state index contributed by atoms with van der Waals surface area (Å²) in [6.45, 7) is 4.39. The normalized spacial score (nSPS) is 13.7. The summed E-state index contributed by atoms with van der Waals surface area (Å²) in [5.74, 6) is -1.05. The van der Waals surface area contributed by atoms with E-state index in [-0.39, 0.29) is 45.1 Å². The highest BCUT2D eigenvalue weighted by molar-refractivity contribution is 7.89. The minimum Gasteiger partial charge on any atom is -0.289 e. The highest BCUT2D eigenvalue weighted by Crippen LogP contribution is 2.30. The van der Waals surface area contributed by atoms with Crippen LogP contribution < -0.4 is 9.44 Å². The van der Waals surface area contributed by atoms with Crippen molar-refractivity contribution in [1.29, 1.82) is 0 Å². The zero-order chi connectivity index (χ0) is 23.5. The molecular formula is C22H26N2O6S2. The van der Waals surface area contributed by atoms with Gasteiger partial charge in [0.2, 0.25) is 20.0 Å². The van der Waals surface area contributed by atoms with E-state index < -0.39 is 31.6 Å². The van der Waals surface area contributed by atoms with Gasteiger partial charge in [-0.1, -0.05) is 26.7 Å². The van der Waals surface area contributed by atoms with Crippen LogP contribution in [0.5, 0.6) is 0 Å². The SMILES string of the molecule is CCCCNS(=O)(=O)c1ccc2c(c1)C(=O)c1cc(S(=O)(=O)NCCCC)ccc1C2=O. The lowest BCUT2D eigenvalue weighted by Gasteiger charge is -2.19. The Balaban J connectivity index is 1.99. The molecule has 1 aliphatic rings. The zero-order valence-electron chi connectivity index (χ0n) is 18.0. The minimum absolute atomic E-state index is 0.0608. The fraction of sp³-hybridized carbons (Fsp3) is 0.364. The molecular weight excluding hydrogens is 452 g/mol. The zero-order valence-corrected chi connectivity index (χ0v) is 19.6. The highest BCUT2D eigenvalue weighted by Gasteiger charge is 2.32. The van der Waals surface area contributed by atoms with Crippen molar-refractivity contribution in [1.82, 2.24) is 9.44 Å². The third kappa shape index (κ3) is 4.83. The van der Waals surface area contributed by atoms with E-state index in [0.717, 1.165) is 12.8 Å². The van der Waals surface area contributed by atoms with Crippen molar-refractivity contribution >= 4 is 31.6 Å². The van der Waals surface area contributed by atoms with Crippen molar-refractivity contribution < 1.29 is 26.4 Å². The molecule has 2 aromatic rings. The maximum atomic E-state index is 13.1. The van der Waals surface area contributed by atoms with Gasteiger partial charge in [-0.25, -0.2) is 26.3 Å². The van der Waals surface area contributed by atoms with Gasteiger partial charge in [-0.3, -0.25) is 9.59 Å². The molecule has 0 aromatic heterocycles. The lowest BCUT2D eigenvalue weighted by Crippen LogP contribution is -2.27. The summed E-state index contributed by atoms with van der Waals surface area (Å²) >= 11 is 0. The van der Waals surface area contributed by atoms with Gasteiger partial charge < -0.3 is 0 Å². The number of carbonyl (C=O) groups is 2. The number of unbranched alkanes of at least 4 members (excludes halogenated alkanes) is 2. The Morgan fingerprint density at radius 2 is 1.00 bits per heavy atom. The first-order valence-electron chi connectivity index (χ1n) is 10.5. The van der Waals surface area contributed by atoms with Crippen molar-refractivity contribution in [3.63, 3.8) is 0 Å².